The fraction of sp³-hybridized carbons (Fsp3) is 0.286. The van der Waals surface area contributed by atoms with Crippen molar-refractivity contribution in [1.82, 2.24) is 24.6 Å². The highest BCUT2D eigenvalue weighted by atomic mass is 32.1. The first-order valence-corrected chi connectivity index (χ1v) is 10.0. The Balaban J connectivity index is 1.71. The van der Waals surface area contributed by atoms with Crippen LogP contribution in [-0.4, -0.2) is 31.1 Å². The third-order valence-electron chi connectivity index (χ3n) is 4.67. The summed E-state index contributed by atoms with van der Waals surface area (Å²) in [5.74, 6) is 0.643. The van der Waals surface area contributed by atoms with Crippen molar-refractivity contribution in [1.29, 1.82) is 0 Å². The van der Waals surface area contributed by atoms with Gasteiger partial charge in [0.15, 0.2) is 10.6 Å². The summed E-state index contributed by atoms with van der Waals surface area (Å²) < 4.78 is 3.68. The number of aryl methyl sites for hydroxylation is 2. The van der Waals surface area contributed by atoms with Crippen molar-refractivity contribution < 1.29 is 9.59 Å². The van der Waals surface area contributed by atoms with Gasteiger partial charge >= 0.3 is 0 Å². The summed E-state index contributed by atoms with van der Waals surface area (Å²) in [7, 11) is 0. The highest BCUT2D eigenvalue weighted by Crippen LogP contribution is 2.10. The van der Waals surface area contributed by atoms with Crippen LogP contribution in [0.5, 0.6) is 0 Å². The fourth-order valence-electron chi connectivity index (χ4n) is 3.04. The monoisotopic (exact) mass is 424 g/mol. The number of aromatic nitrogens is 4. The molecule has 9 heteroatoms. The molecule has 0 radical (unpaired) electrons. The molecule has 0 spiro atoms. The summed E-state index contributed by atoms with van der Waals surface area (Å²) in [6.07, 6.45) is 1.62. The molecule has 0 fully saturated rings. The first-order chi connectivity index (χ1) is 14.4. The van der Waals surface area contributed by atoms with Crippen LogP contribution in [-0.2, 0) is 24.4 Å². The van der Waals surface area contributed by atoms with Crippen LogP contribution < -0.4 is 10.6 Å². The SMILES string of the molecule is CCn1c(CNC(=O)c2ccccc2C)nn(CC(=O)Nc2ncccc2C)c1=S. The molecule has 0 unspecified atom stereocenters. The second kappa shape index (κ2) is 9.45. The minimum atomic E-state index is -0.274. The number of anilines is 1. The molecule has 0 saturated carbocycles. The molecule has 156 valence electrons. The first kappa shape index (κ1) is 21.4. The average Bonchev–Trinajstić information content (AvgIpc) is 3.02. The number of amides is 2. The maximum Gasteiger partial charge on any atom is 0.251 e. The number of hydrogen-bond donors (Lipinski definition) is 2. The summed E-state index contributed by atoms with van der Waals surface area (Å²) in [4.78, 5) is 29.1. The lowest BCUT2D eigenvalue weighted by Crippen LogP contribution is -2.25. The molecule has 0 aliphatic rings. The Morgan fingerprint density at radius 2 is 1.83 bits per heavy atom. The van der Waals surface area contributed by atoms with Gasteiger partial charge < -0.3 is 15.2 Å². The van der Waals surface area contributed by atoms with Gasteiger partial charge in [-0.15, -0.1) is 0 Å². The van der Waals surface area contributed by atoms with Crippen molar-refractivity contribution in [2.75, 3.05) is 5.32 Å². The van der Waals surface area contributed by atoms with Crippen LogP contribution in [0.2, 0.25) is 0 Å². The van der Waals surface area contributed by atoms with E-state index >= 15 is 0 Å². The van der Waals surface area contributed by atoms with Gasteiger partial charge in [-0.3, -0.25) is 9.59 Å². The summed E-state index contributed by atoms with van der Waals surface area (Å²) in [5, 5.41) is 10.1. The minimum Gasteiger partial charge on any atom is -0.345 e. The zero-order valence-corrected chi connectivity index (χ0v) is 18.0. The standard InChI is InChI=1S/C21H24N6O2S/c1-4-26-17(12-23-20(29)16-10-6-5-8-14(16)2)25-27(21(26)30)13-18(28)24-19-15(3)9-7-11-22-19/h5-11H,4,12-13H2,1-3H3,(H,23,29)(H,22,24,28). The van der Waals surface area contributed by atoms with Gasteiger partial charge in [0.25, 0.3) is 5.91 Å². The van der Waals surface area contributed by atoms with Gasteiger partial charge in [-0.2, -0.15) is 5.10 Å². The molecular weight excluding hydrogens is 400 g/mol. The zero-order chi connectivity index (χ0) is 21.7. The predicted molar refractivity (Wildman–Crippen MR) is 117 cm³/mol. The molecule has 2 heterocycles. The lowest BCUT2D eigenvalue weighted by Gasteiger charge is -2.07. The van der Waals surface area contributed by atoms with Gasteiger partial charge in [0.2, 0.25) is 5.91 Å². The van der Waals surface area contributed by atoms with Crippen molar-refractivity contribution >= 4 is 29.9 Å². The van der Waals surface area contributed by atoms with E-state index < -0.39 is 0 Å². The third kappa shape index (κ3) is 4.80. The van der Waals surface area contributed by atoms with Gasteiger partial charge in [0, 0.05) is 18.3 Å². The number of benzene rings is 1. The number of nitrogens with one attached hydrogen (secondary N) is 2. The second-order valence-corrected chi connectivity index (χ2v) is 7.18. The van der Waals surface area contributed by atoms with E-state index in [1.54, 1.807) is 16.8 Å². The second-order valence-electron chi connectivity index (χ2n) is 6.82. The first-order valence-electron chi connectivity index (χ1n) is 9.62. The van der Waals surface area contributed by atoms with Gasteiger partial charge in [0.1, 0.15) is 12.4 Å². The summed E-state index contributed by atoms with van der Waals surface area (Å²) in [5.41, 5.74) is 2.38. The lowest BCUT2D eigenvalue weighted by atomic mass is 10.1. The molecule has 0 atom stereocenters. The van der Waals surface area contributed by atoms with Crippen LogP contribution in [0.25, 0.3) is 0 Å². The Morgan fingerprint density at radius 1 is 1.10 bits per heavy atom. The lowest BCUT2D eigenvalue weighted by molar-refractivity contribution is -0.117. The predicted octanol–water partition coefficient (Wildman–Crippen LogP) is 3.01. The normalized spacial score (nSPS) is 10.6. The van der Waals surface area contributed by atoms with E-state index in [9.17, 15) is 9.59 Å². The molecule has 3 rings (SSSR count). The number of hydrogen-bond acceptors (Lipinski definition) is 5. The van der Waals surface area contributed by atoms with E-state index in [1.807, 2.05) is 51.1 Å². The van der Waals surface area contributed by atoms with E-state index in [0.29, 0.717) is 28.5 Å². The number of carbonyl (C=O) groups excluding carboxylic acids is 2. The molecule has 0 bridgehead atoms. The van der Waals surface area contributed by atoms with Crippen molar-refractivity contribution in [2.45, 2.75) is 40.4 Å². The number of carbonyl (C=O) groups is 2. The van der Waals surface area contributed by atoms with Crippen LogP contribution in [0.3, 0.4) is 0 Å². The molecular formula is C21H24N6O2S. The summed E-state index contributed by atoms with van der Waals surface area (Å²) in [6.45, 7) is 6.44. The van der Waals surface area contributed by atoms with Crippen molar-refractivity contribution in [3.8, 4) is 0 Å². The Bertz CT molecular complexity index is 1130. The fourth-order valence-corrected chi connectivity index (χ4v) is 3.38. The van der Waals surface area contributed by atoms with Gasteiger partial charge in [-0.1, -0.05) is 24.3 Å². The van der Waals surface area contributed by atoms with Gasteiger partial charge in [0.05, 0.1) is 6.54 Å². The van der Waals surface area contributed by atoms with E-state index in [4.69, 9.17) is 12.2 Å². The topological polar surface area (TPSA) is 93.8 Å². The Kier molecular flexibility index (Phi) is 6.73. The van der Waals surface area contributed by atoms with Gasteiger partial charge in [-0.25, -0.2) is 9.67 Å². The number of pyridine rings is 1. The molecule has 0 aliphatic carbocycles. The molecule has 30 heavy (non-hydrogen) atoms. The molecule has 0 aliphatic heterocycles. The maximum atomic E-state index is 12.5. The van der Waals surface area contributed by atoms with Crippen LogP contribution >= 0.6 is 12.2 Å². The quantitative estimate of drug-likeness (QED) is 0.569. The van der Waals surface area contributed by atoms with Crippen molar-refractivity contribution in [2.24, 2.45) is 0 Å². The smallest absolute Gasteiger partial charge is 0.251 e. The summed E-state index contributed by atoms with van der Waals surface area (Å²) in [6, 6.07) is 11.1. The molecule has 3 aromatic rings. The highest BCUT2D eigenvalue weighted by Gasteiger charge is 2.15. The number of nitrogens with zero attached hydrogens (tertiary/aromatic N) is 4. The van der Waals surface area contributed by atoms with Crippen LogP contribution in [0.4, 0.5) is 5.82 Å². The molecule has 2 aromatic heterocycles. The average molecular weight is 425 g/mol. The molecule has 0 saturated heterocycles. The van der Waals surface area contributed by atoms with Gasteiger partial charge in [-0.05, 0) is 56.2 Å². The molecule has 2 amide bonds. The maximum absolute atomic E-state index is 12.5. The van der Waals surface area contributed by atoms with E-state index in [-0.39, 0.29) is 24.9 Å². The number of rotatable bonds is 7. The van der Waals surface area contributed by atoms with E-state index in [1.165, 1.54) is 4.68 Å². The minimum absolute atomic E-state index is 0.0411. The molecule has 8 nitrogen and oxygen atoms in total. The van der Waals surface area contributed by atoms with Crippen molar-refractivity contribution in [3.05, 3.63) is 69.9 Å². The Morgan fingerprint density at radius 3 is 2.53 bits per heavy atom. The zero-order valence-electron chi connectivity index (χ0n) is 17.2. The van der Waals surface area contributed by atoms with Crippen LogP contribution in [0, 0.1) is 18.6 Å². The summed E-state index contributed by atoms with van der Waals surface area (Å²) >= 11 is 5.47. The van der Waals surface area contributed by atoms with E-state index in [0.717, 1.165) is 11.1 Å². The van der Waals surface area contributed by atoms with E-state index in [2.05, 4.69) is 20.7 Å². The highest BCUT2D eigenvalue weighted by molar-refractivity contribution is 7.71. The van der Waals surface area contributed by atoms with Crippen LogP contribution in [0.15, 0.2) is 42.6 Å². The largest absolute Gasteiger partial charge is 0.345 e. The van der Waals surface area contributed by atoms with Crippen LogP contribution in [0.1, 0.15) is 34.2 Å². The third-order valence-corrected chi connectivity index (χ3v) is 5.10. The Labute approximate surface area is 180 Å². The van der Waals surface area contributed by atoms with Crippen molar-refractivity contribution in [3.63, 3.8) is 0 Å². The Hall–Kier alpha value is -3.33. The molecule has 2 N–H and O–H groups in total. The molecule has 1 aromatic carbocycles.